The van der Waals surface area contributed by atoms with Crippen molar-refractivity contribution in [2.24, 2.45) is 5.92 Å². The van der Waals surface area contributed by atoms with Gasteiger partial charge in [-0.1, -0.05) is 26.7 Å². The summed E-state index contributed by atoms with van der Waals surface area (Å²) in [7, 11) is -3.39. The first-order valence-corrected chi connectivity index (χ1v) is 9.19. The van der Waals surface area contributed by atoms with Crippen LogP contribution in [-0.4, -0.2) is 14.5 Å². The molecule has 1 atom stereocenters. The van der Waals surface area contributed by atoms with Crippen LogP contribution in [0.25, 0.3) is 0 Å². The van der Waals surface area contributed by atoms with E-state index in [1.165, 1.54) is 11.3 Å². The van der Waals surface area contributed by atoms with Gasteiger partial charge in [-0.25, -0.2) is 13.1 Å². The standard InChI is InChI=1S/C12H20BrNO2S2/c1-5-10(6-2)9(4)14-18(15,16)11-7-8(3)12(13)17-11/h7,9-10,14H,5-6H2,1-4H3. The minimum atomic E-state index is -3.39. The van der Waals surface area contributed by atoms with Crippen LogP contribution in [0, 0.1) is 12.8 Å². The molecule has 1 heterocycles. The van der Waals surface area contributed by atoms with Gasteiger partial charge in [-0.2, -0.15) is 0 Å². The lowest BCUT2D eigenvalue weighted by atomic mass is 9.96. The molecule has 1 aromatic heterocycles. The summed E-state index contributed by atoms with van der Waals surface area (Å²) >= 11 is 4.61. The summed E-state index contributed by atoms with van der Waals surface area (Å²) in [6, 6.07) is 1.67. The Kier molecular flexibility index (Phi) is 5.83. The summed E-state index contributed by atoms with van der Waals surface area (Å²) in [6.07, 6.45) is 1.96. The van der Waals surface area contributed by atoms with Crippen molar-refractivity contribution < 1.29 is 8.42 Å². The van der Waals surface area contributed by atoms with Crippen LogP contribution in [0.2, 0.25) is 0 Å². The first-order chi connectivity index (χ1) is 8.31. The lowest BCUT2D eigenvalue weighted by Crippen LogP contribution is -2.37. The molecule has 6 heteroatoms. The Hall–Kier alpha value is 0.0900. The zero-order valence-corrected chi connectivity index (χ0v) is 14.4. The highest BCUT2D eigenvalue weighted by Gasteiger charge is 2.23. The predicted octanol–water partition coefficient (Wildman–Crippen LogP) is 3.92. The molecule has 3 nitrogen and oxygen atoms in total. The SMILES string of the molecule is CCC(CC)C(C)NS(=O)(=O)c1cc(C)c(Br)s1. The topological polar surface area (TPSA) is 46.2 Å². The molecular weight excluding hydrogens is 334 g/mol. The van der Waals surface area contributed by atoms with Gasteiger partial charge in [0.05, 0.1) is 3.79 Å². The number of thiophene rings is 1. The van der Waals surface area contributed by atoms with E-state index >= 15 is 0 Å². The van der Waals surface area contributed by atoms with E-state index in [4.69, 9.17) is 0 Å². The number of nitrogens with one attached hydrogen (secondary N) is 1. The maximum atomic E-state index is 12.2. The highest BCUT2D eigenvalue weighted by Crippen LogP contribution is 2.30. The predicted molar refractivity (Wildman–Crippen MR) is 80.6 cm³/mol. The number of hydrogen-bond donors (Lipinski definition) is 1. The first kappa shape index (κ1) is 16.1. The van der Waals surface area contributed by atoms with Gasteiger partial charge >= 0.3 is 0 Å². The fraction of sp³-hybridized carbons (Fsp3) is 0.667. The summed E-state index contributed by atoms with van der Waals surface area (Å²) in [4.78, 5) is 0. The second-order valence-electron chi connectivity index (χ2n) is 4.51. The van der Waals surface area contributed by atoms with E-state index in [1.54, 1.807) is 6.07 Å². The van der Waals surface area contributed by atoms with E-state index in [9.17, 15) is 8.42 Å². The van der Waals surface area contributed by atoms with Crippen LogP contribution in [0.5, 0.6) is 0 Å². The van der Waals surface area contributed by atoms with Gasteiger partial charge in [-0.3, -0.25) is 0 Å². The average Bonchev–Trinajstić information content (AvgIpc) is 2.61. The van der Waals surface area contributed by atoms with E-state index in [-0.39, 0.29) is 6.04 Å². The second-order valence-corrected chi connectivity index (χ2v) is 8.82. The Morgan fingerprint density at radius 2 is 1.94 bits per heavy atom. The van der Waals surface area contributed by atoms with E-state index in [0.717, 1.165) is 22.2 Å². The van der Waals surface area contributed by atoms with Gasteiger partial charge in [-0.05, 0) is 47.3 Å². The molecule has 104 valence electrons. The molecule has 0 aliphatic heterocycles. The summed E-state index contributed by atoms with van der Waals surface area (Å²) in [5, 5.41) is 0. The molecule has 0 fully saturated rings. The van der Waals surface area contributed by atoms with Crippen molar-refractivity contribution in [3.8, 4) is 0 Å². The summed E-state index contributed by atoms with van der Waals surface area (Å²) in [6.45, 7) is 8.00. The van der Waals surface area contributed by atoms with Gasteiger partial charge in [0, 0.05) is 6.04 Å². The summed E-state index contributed by atoms with van der Waals surface area (Å²) in [5.41, 5.74) is 0.954. The van der Waals surface area contributed by atoms with Crippen LogP contribution in [0.4, 0.5) is 0 Å². The number of hydrogen-bond acceptors (Lipinski definition) is 3. The Bertz CT molecular complexity index is 473. The van der Waals surface area contributed by atoms with Gasteiger partial charge in [-0.15, -0.1) is 11.3 Å². The van der Waals surface area contributed by atoms with Gasteiger partial charge in [0.25, 0.3) is 0 Å². The van der Waals surface area contributed by atoms with Crippen molar-refractivity contribution in [1.82, 2.24) is 4.72 Å². The molecule has 0 aliphatic carbocycles. The van der Waals surface area contributed by atoms with Gasteiger partial charge in [0.1, 0.15) is 4.21 Å². The third kappa shape index (κ3) is 3.79. The molecule has 1 rings (SSSR count). The van der Waals surface area contributed by atoms with Crippen LogP contribution in [0.1, 0.15) is 39.2 Å². The fourth-order valence-electron chi connectivity index (χ4n) is 1.96. The van der Waals surface area contributed by atoms with Crippen molar-refractivity contribution in [1.29, 1.82) is 0 Å². The van der Waals surface area contributed by atoms with E-state index in [1.807, 2.05) is 13.8 Å². The molecule has 0 saturated heterocycles. The third-order valence-corrected chi connectivity index (χ3v) is 7.37. The molecule has 1 aromatic rings. The highest BCUT2D eigenvalue weighted by atomic mass is 79.9. The van der Waals surface area contributed by atoms with Crippen LogP contribution < -0.4 is 4.72 Å². The van der Waals surface area contributed by atoms with Gasteiger partial charge < -0.3 is 0 Å². The molecule has 0 bridgehead atoms. The van der Waals surface area contributed by atoms with Crippen LogP contribution in [0.3, 0.4) is 0 Å². The largest absolute Gasteiger partial charge is 0.250 e. The summed E-state index contributed by atoms with van der Waals surface area (Å²) < 4.78 is 28.5. The van der Waals surface area contributed by atoms with Crippen molar-refractivity contribution >= 4 is 37.3 Å². The van der Waals surface area contributed by atoms with Crippen LogP contribution in [0.15, 0.2) is 14.1 Å². The minimum Gasteiger partial charge on any atom is -0.207 e. The molecule has 0 saturated carbocycles. The number of rotatable bonds is 6. The molecule has 1 N–H and O–H groups in total. The van der Waals surface area contributed by atoms with Crippen molar-refractivity contribution in [3.05, 3.63) is 15.4 Å². The zero-order valence-electron chi connectivity index (χ0n) is 11.2. The highest BCUT2D eigenvalue weighted by molar-refractivity contribution is 9.11. The average molecular weight is 354 g/mol. The Balaban J connectivity index is 2.88. The smallest absolute Gasteiger partial charge is 0.207 e. The lowest BCUT2D eigenvalue weighted by molar-refractivity contribution is 0.391. The van der Waals surface area contributed by atoms with Crippen LogP contribution >= 0.6 is 27.3 Å². The molecule has 0 aromatic carbocycles. The molecule has 0 amide bonds. The summed E-state index contributed by atoms with van der Waals surface area (Å²) in [5.74, 6) is 0.379. The molecule has 1 unspecified atom stereocenters. The normalized spacial score (nSPS) is 14.1. The van der Waals surface area contributed by atoms with Crippen molar-refractivity contribution in [3.63, 3.8) is 0 Å². The Labute approximate surface area is 122 Å². The van der Waals surface area contributed by atoms with Crippen LogP contribution in [-0.2, 0) is 10.0 Å². The lowest BCUT2D eigenvalue weighted by Gasteiger charge is -2.21. The second kappa shape index (κ2) is 6.50. The molecule has 0 aliphatic rings. The number of sulfonamides is 1. The third-order valence-electron chi connectivity index (χ3n) is 3.20. The molecule has 0 spiro atoms. The molecule has 0 radical (unpaired) electrons. The minimum absolute atomic E-state index is 0.0359. The van der Waals surface area contributed by atoms with Crippen molar-refractivity contribution in [2.75, 3.05) is 0 Å². The zero-order chi connectivity index (χ0) is 13.9. The molecule has 18 heavy (non-hydrogen) atoms. The Morgan fingerprint density at radius 1 is 1.39 bits per heavy atom. The van der Waals surface area contributed by atoms with E-state index in [0.29, 0.717) is 10.1 Å². The monoisotopic (exact) mass is 353 g/mol. The fourth-order valence-corrected chi connectivity index (χ4v) is 5.51. The first-order valence-electron chi connectivity index (χ1n) is 6.10. The molecular formula is C12H20BrNO2S2. The van der Waals surface area contributed by atoms with Gasteiger partial charge in [0.2, 0.25) is 10.0 Å². The van der Waals surface area contributed by atoms with E-state index in [2.05, 4.69) is 34.5 Å². The van der Waals surface area contributed by atoms with Crippen molar-refractivity contribution in [2.45, 2.75) is 50.8 Å². The number of aryl methyl sites for hydroxylation is 1. The van der Waals surface area contributed by atoms with E-state index < -0.39 is 10.0 Å². The maximum Gasteiger partial charge on any atom is 0.250 e. The quantitative estimate of drug-likeness (QED) is 0.842. The number of halogens is 1. The maximum absolute atomic E-state index is 12.2. The van der Waals surface area contributed by atoms with Gasteiger partial charge in [0.15, 0.2) is 0 Å². The Morgan fingerprint density at radius 3 is 2.33 bits per heavy atom.